The van der Waals surface area contributed by atoms with Gasteiger partial charge in [0, 0.05) is 26.0 Å². The molecule has 0 fully saturated rings. The second-order valence-corrected chi connectivity index (χ2v) is 6.24. The number of benzene rings is 1. The van der Waals surface area contributed by atoms with E-state index in [9.17, 15) is 8.42 Å². The molecule has 6 nitrogen and oxygen atoms in total. The minimum Gasteiger partial charge on any atom is -0.461 e. The number of hydrogen-bond acceptors (Lipinski definition) is 4. The molecule has 0 aliphatic carbocycles. The third-order valence-electron chi connectivity index (χ3n) is 2.57. The first kappa shape index (κ1) is 14.5. The average molecular weight is 308 g/mol. The maximum atomic E-state index is 10.7. The normalized spacial score (nSPS) is 21.6. The van der Waals surface area contributed by atoms with Crippen LogP contribution in [0.15, 0.2) is 18.2 Å². The van der Waals surface area contributed by atoms with Crippen molar-refractivity contribution in [2.45, 2.75) is 25.7 Å². The van der Waals surface area contributed by atoms with E-state index in [-0.39, 0.29) is 6.54 Å². The van der Waals surface area contributed by atoms with Gasteiger partial charge in [0.2, 0.25) is 5.79 Å². The molecule has 0 spiro atoms. The van der Waals surface area contributed by atoms with Crippen molar-refractivity contribution < 1.29 is 22.4 Å². The van der Waals surface area contributed by atoms with Crippen LogP contribution in [0.3, 0.4) is 0 Å². The predicted octanol–water partition coefficient (Wildman–Crippen LogP) is 1.92. The maximum Gasteiger partial charge on any atom is 0.333 e. The SMILES string of the molecule is CC1(C)Oc2c(Cl)cccc2[C@@H](CNS(=O)(=O)O)O1. The van der Waals surface area contributed by atoms with Crippen molar-refractivity contribution in [2.75, 3.05) is 6.54 Å². The third-order valence-corrected chi connectivity index (χ3v) is 3.40. The summed E-state index contributed by atoms with van der Waals surface area (Å²) in [4.78, 5) is 0. The highest BCUT2D eigenvalue weighted by Crippen LogP contribution is 2.42. The molecule has 8 heteroatoms. The van der Waals surface area contributed by atoms with E-state index in [1.807, 2.05) is 4.72 Å². The topological polar surface area (TPSA) is 84.9 Å². The predicted molar refractivity (Wildman–Crippen MR) is 69.5 cm³/mol. The highest BCUT2D eigenvalue weighted by molar-refractivity contribution is 7.83. The van der Waals surface area contributed by atoms with Crippen LogP contribution in [0.5, 0.6) is 5.75 Å². The number of halogens is 1. The van der Waals surface area contributed by atoms with E-state index in [0.717, 1.165) is 0 Å². The minimum atomic E-state index is -4.28. The third kappa shape index (κ3) is 3.58. The number of nitrogens with one attached hydrogen (secondary N) is 1. The Kier molecular flexibility index (Phi) is 3.76. The van der Waals surface area contributed by atoms with Crippen molar-refractivity contribution in [3.05, 3.63) is 28.8 Å². The van der Waals surface area contributed by atoms with Crippen LogP contribution in [0.25, 0.3) is 0 Å². The molecule has 0 aromatic heterocycles. The Hall–Kier alpha value is -0.860. The van der Waals surface area contributed by atoms with E-state index in [1.54, 1.807) is 32.0 Å². The van der Waals surface area contributed by atoms with Crippen LogP contribution >= 0.6 is 11.6 Å². The lowest BCUT2D eigenvalue weighted by atomic mass is 10.1. The lowest BCUT2D eigenvalue weighted by molar-refractivity contribution is -0.204. The fraction of sp³-hybridized carbons (Fsp3) is 0.455. The van der Waals surface area contributed by atoms with Crippen molar-refractivity contribution in [1.29, 1.82) is 0 Å². The summed E-state index contributed by atoms with van der Waals surface area (Å²) >= 11 is 6.06. The molecule has 1 aliphatic rings. The number of fused-ring (bicyclic) bond motifs is 1. The van der Waals surface area contributed by atoms with Gasteiger partial charge in [-0.05, 0) is 6.07 Å². The largest absolute Gasteiger partial charge is 0.461 e. The van der Waals surface area contributed by atoms with Crippen LogP contribution in [0.4, 0.5) is 0 Å². The fourth-order valence-corrected chi connectivity index (χ4v) is 2.48. The molecule has 0 saturated carbocycles. The first-order valence-electron chi connectivity index (χ1n) is 5.55. The molecule has 106 valence electrons. The molecule has 2 N–H and O–H groups in total. The molecule has 0 amide bonds. The molecule has 2 rings (SSSR count). The zero-order chi connectivity index (χ0) is 14.3. The van der Waals surface area contributed by atoms with Crippen molar-refractivity contribution in [2.24, 2.45) is 0 Å². The van der Waals surface area contributed by atoms with E-state index in [4.69, 9.17) is 25.6 Å². The molecule has 19 heavy (non-hydrogen) atoms. The summed E-state index contributed by atoms with van der Waals surface area (Å²) in [7, 11) is -4.28. The zero-order valence-corrected chi connectivity index (χ0v) is 12.0. The Bertz CT molecular complexity index is 587. The number of hydrogen-bond donors (Lipinski definition) is 2. The van der Waals surface area contributed by atoms with Crippen molar-refractivity contribution >= 4 is 21.9 Å². The summed E-state index contributed by atoms with van der Waals surface area (Å²) < 4.78 is 43.5. The maximum absolute atomic E-state index is 10.7. The monoisotopic (exact) mass is 307 g/mol. The second kappa shape index (κ2) is 4.92. The van der Waals surface area contributed by atoms with E-state index in [2.05, 4.69) is 0 Å². The summed E-state index contributed by atoms with van der Waals surface area (Å²) in [6.07, 6.45) is -0.598. The molecule has 0 saturated heterocycles. The Morgan fingerprint density at radius 1 is 1.47 bits per heavy atom. The van der Waals surface area contributed by atoms with Gasteiger partial charge in [0.05, 0.1) is 5.02 Å². The van der Waals surface area contributed by atoms with Crippen LogP contribution in [-0.2, 0) is 15.0 Å². The van der Waals surface area contributed by atoms with Crippen LogP contribution in [0.1, 0.15) is 25.5 Å². The van der Waals surface area contributed by atoms with Crippen LogP contribution < -0.4 is 9.46 Å². The second-order valence-electron chi connectivity index (χ2n) is 4.59. The van der Waals surface area contributed by atoms with E-state index < -0.39 is 22.2 Å². The molecule has 1 heterocycles. The molecular weight excluding hydrogens is 294 g/mol. The quantitative estimate of drug-likeness (QED) is 0.833. The van der Waals surface area contributed by atoms with E-state index >= 15 is 0 Å². The van der Waals surface area contributed by atoms with Gasteiger partial charge >= 0.3 is 10.3 Å². The Balaban J connectivity index is 2.32. The van der Waals surface area contributed by atoms with Crippen LogP contribution in [0.2, 0.25) is 5.02 Å². The zero-order valence-electron chi connectivity index (χ0n) is 10.4. The number of rotatable bonds is 3. The molecule has 1 aromatic rings. The standard InChI is InChI=1S/C11H14ClNO5S/c1-11(2)17-9(6-13-19(14,15)16)7-4-3-5-8(12)10(7)18-11/h3-5,9,13H,6H2,1-2H3,(H,14,15,16)/t9-/m1/s1. The van der Waals surface area contributed by atoms with Gasteiger partial charge in [0.1, 0.15) is 11.9 Å². The van der Waals surface area contributed by atoms with Gasteiger partial charge < -0.3 is 9.47 Å². The van der Waals surface area contributed by atoms with Gasteiger partial charge in [0.15, 0.2) is 0 Å². The Morgan fingerprint density at radius 2 is 2.16 bits per heavy atom. The molecule has 1 aliphatic heterocycles. The lowest BCUT2D eigenvalue weighted by Gasteiger charge is -2.38. The molecule has 1 aromatic carbocycles. The smallest absolute Gasteiger partial charge is 0.333 e. The average Bonchev–Trinajstić information content (AvgIpc) is 2.25. The molecule has 1 atom stereocenters. The number of para-hydroxylation sites is 1. The summed E-state index contributed by atoms with van der Waals surface area (Å²) in [5.41, 5.74) is 0.628. The van der Waals surface area contributed by atoms with Gasteiger partial charge in [-0.25, -0.2) is 0 Å². The van der Waals surface area contributed by atoms with E-state index in [1.165, 1.54) is 0 Å². The highest BCUT2D eigenvalue weighted by atomic mass is 35.5. The molecule has 0 unspecified atom stereocenters. The van der Waals surface area contributed by atoms with Crippen LogP contribution in [0, 0.1) is 0 Å². The van der Waals surface area contributed by atoms with Gasteiger partial charge in [-0.3, -0.25) is 4.55 Å². The minimum absolute atomic E-state index is 0.112. The first-order valence-corrected chi connectivity index (χ1v) is 7.37. The van der Waals surface area contributed by atoms with Crippen molar-refractivity contribution in [3.63, 3.8) is 0 Å². The van der Waals surface area contributed by atoms with Crippen molar-refractivity contribution in [1.82, 2.24) is 4.72 Å². The van der Waals surface area contributed by atoms with Gasteiger partial charge in [0.25, 0.3) is 0 Å². The first-order chi connectivity index (χ1) is 8.68. The Morgan fingerprint density at radius 3 is 2.79 bits per heavy atom. The molecular formula is C11H14ClNO5S. The summed E-state index contributed by atoms with van der Waals surface area (Å²) in [5.74, 6) is -0.480. The number of ether oxygens (including phenoxy) is 2. The summed E-state index contributed by atoms with van der Waals surface area (Å²) in [6.45, 7) is 3.28. The lowest BCUT2D eigenvalue weighted by Crippen LogP contribution is -2.41. The van der Waals surface area contributed by atoms with Gasteiger partial charge in [-0.1, -0.05) is 23.7 Å². The van der Waals surface area contributed by atoms with Gasteiger partial charge in [-0.2, -0.15) is 13.1 Å². The summed E-state index contributed by atoms with van der Waals surface area (Å²) in [5, 5.41) is 0.422. The Labute approximate surface area is 116 Å². The highest BCUT2D eigenvalue weighted by Gasteiger charge is 2.35. The van der Waals surface area contributed by atoms with Gasteiger partial charge in [-0.15, -0.1) is 0 Å². The van der Waals surface area contributed by atoms with E-state index in [0.29, 0.717) is 16.3 Å². The van der Waals surface area contributed by atoms with Crippen LogP contribution in [-0.4, -0.2) is 25.3 Å². The van der Waals surface area contributed by atoms with Crippen molar-refractivity contribution in [3.8, 4) is 5.75 Å². The fourth-order valence-electron chi connectivity index (χ4n) is 1.90. The summed E-state index contributed by atoms with van der Waals surface area (Å²) in [6, 6.07) is 5.12. The molecule has 0 radical (unpaired) electrons. The molecule has 0 bridgehead atoms.